The topological polar surface area (TPSA) is 844 Å². The van der Waals surface area contributed by atoms with E-state index in [4.69, 9.17) is 81.7 Å². The quantitative estimate of drug-likeness (QED) is 0.0690. The second-order valence-corrected chi connectivity index (χ2v) is 8.09. The minimum Gasteiger partial charge on any atom is -0.481 e. The molecule has 0 fully saturated rings. The Hall–Kier alpha value is -5.94. The fourth-order valence-corrected chi connectivity index (χ4v) is 1.97. The van der Waals surface area contributed by atoms with Crippen molar-refractivity contribution in [3.8, 4) is 0 Å². The average molecular weight is 855 g/mol. The lowest BCUT2D eigenvalue weighted by Crippen LogP contribution is -2.42. The van der Waals surface area contributed by atoms with Crippen LogP contribution in [-0.4, -0.2) is 177 Å². The lowest BCUT2D eigenvalue weighted by atomic mass is 9.96. The highest BCUT2D eigenvalue weighted by Gasteiger charge is 2.41. The molecular formula is C20H58N10O26. The number of carbonyl (C=O) groups is 10. The van der Waals surface area contributed by atoms with E-state index >= 15 is 0 Å². The summed E-state index contributed by atoms with van der Waals surface area (Å²) in [6.07, 6.45) is -13.6. The SMILES string of the molecule is N.N.N.N.N.N.N.N.N.N.O=C(O)C(O)C(O)C(=O)O.O=C(O)C(O)C(O)C(=O)O.O=C(O)CC(O)(CC(=O)O)C(=O)O.O=C(O)CC(O)(CC(=O)O)C(=O)O. The number of hydrogen-bond acceptors (Lipinski definition) is 26. The van der Waals surface area contributed by atoms with Crippen LogP contribution in [0, 0.1) is 0 Å². The van der Waals surface area contributed by atoms with Crippen molar-refractivity contribution in [3.63, 3.8) is 0 Å². The van der Waals surface area contributed by atoms with Gasteiger partial charge in [0.25, 0.3) is 0 Å². The Balaban J connectivity index is -0.0000000332. The van der Waals surface area contributed by atoms with Crippen molar-refractivity contribution in [3.05, 3.63) is 0 Å². The van der Waals surface area contributed by atoms with Crippen LogP contribution in [0.5, 0.6) is 0 Å². The highest BCUT2D eigenvalue weighted by molar-refractivity contribution is 5.89. The van der Waals surface area contributed by atoms with E-state index in [1.807, 2.05) is 0 Å². The van der Waals surface area contributed by atoms with Crippen LogP contribution in [0.25, 0.3) is 0 Å². The summed E-state index contributed by atoms with van der Waals surface area (Å²) in [6.45, 7) is 0. The van der Waals surface area contributed by atoms with Gasteiger partial charge in [0.2, 0.25) is 0 Å². The van der Waals surface area contributed by atoms with Gasteiger partial charge in [-0.2, -0.15) is 0 Å². The van der Waals surface area contributed by atoms with E-state index in [0.717, 1.165) is 0 Å². The van der Waals surface area contributed by atoms with Gasteiger partial charge >= 0.3 is 59.7 Å². The summed E-state index contributed by atoms with van der Waals surface area (Å²) < 4.78 is 0. The minimum absolute atomic E-state index is 0. The normalized spacial score (nSPS) is 10.7. The number of aliphatic hydroxyl groups excluding tert-OH is 4. The highest BCUT2D eigenvalue weighted by Crippen LogP contribution is 2.16. The second kappa shape index (κ2) is 41.8. The minimum atomic E-state index is -2.74. The molecule has 4 atom stereocenters. The van der Waals surface area contributed by atoms with Gasteiger partial charge in [0.05, 0.1) is 25.7 Å². The molecule has 0 aromatic rings. The molecule has 36 heteroatoms. The van der Waals surface area contributed by atoms with Crippen molar-refractivity contribution >= 4 is 59.7 Å². The van der Waals surface area contributed by atoms with Crippen molar-refractivity contribution < 1.29 is 130 Å². The molecule has 0 saturated carbocycles. The van der Waals surface area contributed by atoms with E-state index in [2.05, 4.69) is 0 Å². The number of aliphatic hydroxyl groups is 6. The van der Waals surface area contributed by atoms with Crippen LogP contribution in [0.1, 0.15) is 25.7 Å². The summed E-state index contributed by atoms with van der Waals surface area (Å²) in [5.41, 5.74) is -5.48. The van der Waals surface area contributed by atoms with Crippen LogP contribution in [-0.2, 0) is 47.9 Å². The zero-order valence-corrected chi connectivity index (χ0v) is 29.4. The Bertz CT molecular complexity index is 1020. The molecular weight excluding hydrogens is 796 g/mol. The highest BCUT2D eigenvalue weighted by atomic mass is 16.5. The van der Waals surface area contributed by atoms with E-state index in [0.29, 0.717) is 0 Å². The Kier molecular flexibility index (Phi) is 69.2. The fraction of sp³-hybridized carbons (Fsp3) is 0.500. The maximum absolute atomic E-state index is 10.3. The molecule has 0 rings (SSSR count). The summed E-state index contributed by atoms with van der Waals surface area (Å²) in [5, 5.41) is 133. The van der Waals surface area contributed by atoms with E-state index in [-0.39, 0.29) is 61.5 Å². The third-order valence-electron chi connectivity index (χ3n) is 4.18. The second-order valence-electron chi connectivity index (χ2n) is 8.09. The molecule has 0 saturated heterocycles. The molecule has 0 radical (unpaired) electrons. The first-order valence-corrected chi connectivity index (χ1v) is 10.9. The van der Waals surface area contributed by atoms with Gasteiger partial charge in [-0.05, 0) is 0 Å². The fourth-order valence-electron chi connectivity index (χ4n) is 1.97. The molecule has 344 valence electrons. The maximum Gasteiger partial charge on any atom is 0.336 e. The van der Waals surface area contributed by atoms with Crippen molar-refractivity contribution in [2.45, 2.75) is 61.3 Å². The van der Waals surface area contributed by atoms with Crippen LogP contribution in [0.3, 0.4) is 0 Å². The van der Waals surface area contributed by atoms with Crippen LogP contribution in [0.2, 0.25) is 0 Å². The van der Waals surface area contributed by atoms with Gasteiger partial charge in [-0.25, -0.2) is 28.8 Å². The predicted molar refractivity (Wildman–Crippen MR) is 179 cm³/mol. The van der Waals surface area contributed by atoms with E-state index in [1.165, 1.54) is 0 Å². The average Bonchev–Trinajstić information content (AvgIpc) is 2.85. The predicted octanol–water partition coefficient (Wildman–Crippen LogP) is -5.12. The van der Waals surface area contributed by atoms with Gasteiger partial charge in [-0.3, -0.25) is 19.2 Å². The molecule has 46 N–H and O–H groups in total. The summed E-state index contributed by atoms with van der Waals surface area (Å²) in [5.74, 6) is -17.1. The Labute approximate surface area is 312 Å². The zero-order valence-electron chi connectivity index (χ0n) is 29.4. The summed E-state index contributed by atoms with van der Waals surface area (Å²) in [7, 11) is 0. The first kappa shape index (κ1) is 92.7. The van der Waals surface area contributed by atoms with Gasteiger partial charge < -0.3 is 143 Å². The smallest absolute Gasteiger partial charge is 0.336 e. The Morgan fingerprint density at radius 3 is 0.464 bits per heavy atom. The first-order chi connectivity index (χ1) is 20.5. The molecule has 0 aliphatic heterocycles. The molecule has 0 aromatic carbocycles. The lowest BCUT2D eigenvalue weighted by molar-refractivity contribution is -0.170. The number of rotatable bonds is 16. The number of carboxylic acid groups (broad SMARTS) is 10. The Morgan fingerprint density at radius 2 is 0.411 bits per heavy atom. The van der Waals surface area contributed by atoms with Crippen LogP contribution in [0.15, 0.2) is 0 Å². The van der Waals surface area contributed by atoms with Crippen molar-refractivity contribution in [1.82, 2.24) is 61.5 Å². The molecule has 0 spiro atoms. The molecule has 4 unspecified atom stereocenters. The third kappa shape index (κ3) is 42.5. The lowest BCUT2D eigenvalue weighted by Gasteiger charge is -2.18. The monoisotopic (exact) mass is 854 g/mol. The number of aliphatic carboxylic acids is 10. The van der Waals surface area contributed by atoms with Gasteiger partial charge in [0.15, 0.2) is 35.6 Å². The molecule has 0 aliphatic rings. The summed E-state index contributed by atoms with van der Waals surface area (Å²) >= 11 is 0. The number of carboxylic acids is 10. The van der Waals surface area contributed by atoms with E-state index in [9.17, 15) is 47.9 Å². The molecule has 0 aromatic heterocycles. The maximum atomic E-state index is 10.3. The summed E-state index contributed by atoms with van der Waals surface area (Å²) in [4.78, 5) is 100. The van der Waals surface area contributed by atoms with Crippen LogP contribution >= 0.6 is 0 Å². The molecule has 0 aliphatic carbocycles. The van der Waals surface area contributed by atoms with E-state index < -0.39 is 121 Å². The number of hydrogen-bond donors (Lipinski definition) is 26. The van der Waals surface area contributed by atoms with Gasteiger partial charge in [-0.1, -0.05) is 0 Å². The third-order valence-corrected chi connectivity index (χ3v) is 4.18. The molecule has 36 nitrogen and oxygen atoms in total. The van der Waals surface area contributed by atoms with Gasteiger partial charge in [0.1, 0.15) is 0 Å². The molecule has 0 amide bonds. The molecule has 0 bridgehead atoms. The van der Waals surface area contributed by atoms with E-state index in [1.54, 1.807) is 0 Å². The standard InChI is InChI=1S/2C6H8O7.2C4H6O6.10H3N/c2*7-3(8)1-6(13,5(11)12)2-4(9)10;2*5-1(3(7)8)2(6)4(9)10;;;;;;;;;;/h2*13H,1-2H2,(H,7,8)(H,9,10)(H,11,12);2*1-2,5-6H,(H,7,8)(H,9,10);10*1H3. The van der Waals surface area contributed by atoms with Gasteiger partial charge in [0, 0.05) is 0 Å². The molecule has 56 heavy (non-hydrogen) atoms. The van der Waals surface area contributed by atoms with Gasteiger partial charge in [-0.15, -0.1) is 0 Å². The zero-order chi connectivity index (χ0) is 37.9. The van der Waals surface area contributed by atoms with Crippen molar-refractivity contribution in [2.75, 3.05) is 0 Å². The van der Waals surface area contributed by atoms with Crippen LogP contribution in [0.4, 0.5) is 0 Å². The first-order valence-electron chi connectivity index (χ1n) is 10.9. The van der Waals surface area contributed by atoms with Crippen LogP contribution < -0.4 is 61.5 Å². The summed E-state index contributed by atoms with van der Waals surface area (Å²) in [6, 6.07) is 0. The Morgan fingerprint density at radius 1 is 0.304 bits per heavy atom. The van der Waals surface area contributed by atoms with Crippen molar-refractivity contribution in [1.29, 1.82) is 0 Å². The molecule has 0 heterocycles. The largest absolute Gasteiger partial charge is 0.481 e. The van der Waals surface area contributed by atoms with Crippen molar-refractivity contribution in [2.24, 2.45) is 0 Å².